The van der Waals surface area contributed by atoms with Gasteiger partial charge in [0.1, 0.15) is 11.5 Å². The van der Waals surface area contributed by atoms with Gasteiger partial charge in [0, 0.05) is 28.8 Å². The number of nitrogens with one attached hydrogen (secondary N) is 1. The molecule has 0 radical (unpaired) electrons. The zero-order valence-corrected chi connectivity index (χ0v) is 28.3. The minimum absolute atomic E-state index is 0.0372. The fraction of sp³-hybridized carbons (Fsp3) is 0.361. The highest BCUT2D eigenvalue weighted by atomic mass is 35.5. The van der Waals surface area contributed by atoms with Crippen molar-refractivity contribution < 1.29 is 29.0 Å². The van der Waals surface area contributed by atoms with Gasteiger partial charge >= 0.3 is 0 Å². The molecule has 0 bridgehead atoms. The lowest BCUT2D eigenvalue weighted by Crippen LogP contribution is -2.48. The van der Waals surface area contributed by atoms with Gasteiger partial charge in [-0.1, -0.05) is 29.3 Å². The summed E-state index contributed by atoms with van der Waals surface area (Å²) in [5.74, 6) is -3.75. The van der Waals surface area contributed by atoms with Crippen LogP contribution >= 0.6 is 22.9 Å². The maximum absolute atomic E-state index is 14.9. The normalized spacial score (nSPS) is 28.0. The van der Waals surface area contributed by atoms with Crippen molar-refractivity contribution in [2.45, 2.75) is 39.5 Å². The minimum atomic E-state index is -1.24. The van der Waals surface area contributed by atoms with E-state index in [4.69, 9.17) is 21.4 Å². The maximum atomic E-state index is 14.9. The standard InChI is InChI=1S/C36H33ClN4O6S/c1-5-47-26-12-17(6-10-25(26)42)30-19-8-9-20-29(33(44)38-32(20)43)22(19)14-23-34(45)41(35(46)36(23,30)3)28-15-24(39-40(28)4)31-16(2)21-13-18(37)7-11-27(21)48-31/h6-8,10-13,15,20,22-23,29-30,42H,5,9,14H2,1-4H3,(H,38,43,44). The van der Waals surface area contributed by atoms with Crippen molar-refractivity contribution in [1.82, 2.24) is 15.1 Å². The van der Waals surface area contributed by atoms with E-state index in [1.54, 1.807) is 41.3 Å². The van der Waals surface area contributed by atoms with Gasteiger partial charge in [-0.2, -0.15) is 5.10 Å². The number of fused-ring (bicyclic) bond motifs is 5. The van der Waals surface area contributed by atoms with Crippen molar-refractivity contribution in [3.8, 4) is 22.1 Å². The van der Waals surface area contributed by atoms with Crippen LogP contribution < -0.4 is 15.0 Å². The van der Waals surface area contributed by atoms with E-state index in [1.165, 1.54) is 11.0 Å². The van der Waals surface area contributed by atoms with E-state index in [9.17, 15) is 24.3 Å². The molecule has 2 aromatic heterocycles. The largest absolute Gasteiger partial charge is 0.504 e. The number of carbonyl (C=O) groups excluding carboxylic acids is 4. The van der Waals surface area contributed by atoms with Crippen molar-refractivity contribution in [1.29, 1.82) is 0 Å². The summed E-state index contributed by atoms with van der Waals surface area (Å²) in [4.78, 5) is 57.6. The lowest BCUT2D eigenvalue weighted by atomic mass is 9.51. The molecule has 2 aromatic carbocycles. The number of aromatic hydroxyl groups is 1. The summed E-state index contributed by atoms with van der Waals surface area (Å²) < 4.78 is 8.35. The number of rotatable bonds is 5. The number of thiophene rings is 1. The van der Waals surface area contributed by atoms with Crippen LogP contribution in [0.2, 0.25) is 5.02 Å². The SMILES string of the molecule is CCOc1cc(C2C3=CCC4C(=O)NC(=O)C4C3CC3C(=O)N(c4cc(-c5sc6ccc(Cl)cc6c5C)nn4C)C(=O)C32C)ccc1O. The molecule has 8 rings (SSSR count). The zero-order chi connectivity index (χ0) is 33.8. The first-order valence-corrected chi connectivity index (χ1v) is 17.2. The Morgan fingerprint density at radius 1 is 1.10 bits per heavy atom. The molecule has 1 saturated carbocycles. The monoisotopic (exact) mass is 684 g/mol. The van der Waals surface area contributed by atoms with Crippen molar-refractivity contribution in [2.75, 3.05) is 11.5 Å². The van der Waals surface area contributed by atoms with Gasteiger partial charge in [0.2, 0.25) is 23.6 Å². The molecule has 2 aliphatic carbocycles. The molecule has 2 saturated heterocycles. The number of nitrogens with zero attached hydrogens (tertiary/aromatic N) is 3. The van der Waals surface area contributed by atoms with Crippen LogP contribution in [0.4, 0.5) is 5.82 Å². The third kappa shape index (κ3) is 4.19. The number of hydrogen-bond acceptors (Lipinski definition) is 8. The number of benzene rings is 2. The van der Waals surface area contributed by atoms with Gasteiger partial charge in [-0.15, -0.1) is 11.3 Å². The highest BCUT2D eigenvalue weighted by molar-refractivity contribution is 7.22. The van der Waals surface area contributed by atoms with Gasteiger partial charge in [-0.05, 0) is 86.4 Å². The van der Waals surface area contributed by atoms with E-state index in [2.05, 4.69) is 5.32 Å². The first-order chi connectivity index (χ1) is 22.9. The number of anilines is 1. The lowest BCUT2D eigenvalue weighted by Gasteiger charge is -2.49. The number of aryl methyl sites for hydroxylation is 2. The van der Waals surface area contributed by atoms with Crippen molar-refractivity contribution >= 4 is 62.5 Å². The van der Waals surface area contributed by atoms with E-state index in [1.807, 2.05) is 45.0 Å². The molecule has 6 unspecified atom stereocenters. The fourth-order valence-electron chi connectivity index (χ4n) is 8.72. The summed E-state index contributed by atoms with van der Waals surface area (Å²) >= 11 is 7.86. The molecule has 4 amide bonds. The van der Waals surface area contributed by atoms with Gasteiger partial charge in [-0.3, -0.25) is 29.2 Å². The Hall–Kier alpha value is -4.48. The topological polar surface area (TPSA) is 131 Å². The zero-order valence-electron chi connectivity index (χ0n) is 26.7. The van der Waals surface area contributed by atoms with E-state index >= 15 is 0 Å². The van der Waals surface area contributed by atoms with Crippen LogP contribution in [-0.2, 0) is 26.2 Å². The van der Waals surface area contributed by atoms with Crippen LogP contribution in [-0.4, -0.2) is 45.1 Å². The van der Waals surface area contributed by atoms with Gasteiger partial charge < -0.3 is 9.84 Å². The van der Waals surface area contributed by atoms with Crippen LogP contribution in [0.15, 0.2) is 54.1 Å². The number of phenols is 1. The maximum Gasteiger partial charge on any atom is 0.242 e. The number of carbonyl (C=O) groups is 4. The highest BCUT2D eigenvalue weighted by Gasteiger charge is 2.67. The smallest absolute Gasteiger partial charge is 0.242 e. The van der Waals surface area contributed by atoms with Crippen LogP contribution in [0.1, 0.15) is 43.7 Å². The molecule has 2 N–H and O–H groups in total. The Morgan fingerprint density at radius 3 is 2.67 bits per heavy atom. The van der Waals surface area contributed by atoms with E-state index in [0.29, 0.717) is 35.1 Å². The summed E-state index contributed by atoms with van der Waals surface area (Å²) in [6, 6.07) is 12.5. The number of ether oxygens (including phenoxy) is 1. The highest BCUT2D eigenvalue weighted by Crippen LogP contribution is 2.63. The number of hydrogen-bond donors (Lipinski definition) is 2. The number of phenolic OH excluding ortho intramolecular Hbond substituents is 1. The van der Waals surface area contributed by atoms with Gasteiger partial charge in [0.15, 0.2) is 11.5 Å². The molecule has 10 nitrogen and oxygen atoms in total. The Bertz CT molecular complexity index is 2140. The first-order valence-electron chi connectivity index (χ1n) is 16.1. The quantitative estimate of drug-likeness (QED) is 0.198. The van der Waals surface area contributed by atoms with Crippen LogP contribution in [0.3, 0.4) is 0 Å². The Kier molecular flexibility index (Phi) is 6.91. The summed E-state index contributed by atoms with van der Waals surface area (Å²) in [6.45, 7) is 5.97. The number of allylic oxidation sites excluding steroid dienone is 2. The van der Waals surface area contributed by atoms with Crippen molar-refractivity contribution in [2.24, 2.45) is 36.1 Å². The van der Waals surface area contributed by atoms with Gasteiger partial charge in [0.25, 0.3) is 0 Å². The molecule has 12 heteroatoms. The average molecular weight is 685 g/mol. The Labute approximate surface area is 285 Å². The summed E-state index contributed by atoms with van der Waals surface area (Å²) in [5.41, 5.74) is 1.96. The average Bonchev–Trinajstić information content (AvgIpc) is 3.73. The van der Waals surface area contributed by atoms with Crippen molar-refractivity contribution in [3.63, 3.8) is 0 Å². The van der Waals surface area contributed by atoms with Crippen LogP contribution in [0.5, 0.6) is 11.5 Å². The number of amides is 4. The molecular formula is C36H33ClN4O6S. The van der Waals surface area contributed by atoms with Crippen molar-refractivity contribution in [3.05, 3.63) is 70.3 Å². The second kappa shape index (κ2) is 10.8. The second-order valence-electron chi connectivity index (χ2n) is 13.4. The molecule has 4 aromatic rings. The van der Waals surface area contributed by atoms with E-state index in [-0.39, 0.29) is 41.5 Å². The predicted molar refractivity (Wildman–Crippen MR) is 181 cm³/mol. The van der Waals surface area contributed by atoms with E-state index < -0.39 is 35.0 Å². The molecular weight excluding hydrogens is 652 g/mol. The van der Waals surface area contributed by atoms with Crippen LogP contribution in [0.25, 0.3) is 20.7 Å². The molecule has 4 aliphatic rings. The predicted octanol–water partition coefficient (Wildman–Crippen LogP) is 5.89. The summed E-state index contributed by atoms with van der Waals surface area (Å²) in [6.07, 6.45) is 2.60. The van der Waals surface area contributed by atoms with E-state index in [0.717, 1.165) is 26.1 Å². The molecule has 48 heavy (non-hydrogen) atoms. The Morgan fingerprint density at radius 2 is 1.90 bits per heavy atom. The molecule has 0 spiro atoms. The van der Waals surface area contributed by atoms with Crippen LogP contribution in [0, 0.1) is 36.0 Å². The molecule has 4 heterocycles. The first kappa shape index (κ1) is 30.8. The minimum Gasteiger partial charge on any atom is -0.504 e. The summed E-state index contributed by atoms with van der Waals surface area (Å²) in [5, 5.41) is 19.5. The third-order valence-electron chi connectivity index (χ3n) is 10.9. The molecule has 2 aliphatic heterocycles. The molecule has 246 valence electrons. The number of aromatic nitrogens is 2. The third-order valence-corrected chi connectivity index (χ3v) is 12.5. The number of imide groups is 2. The van der Waals surface area contributed by atoms with Gasteiger partial charge in [-0.25, -0.2) is 4.90 Å². The Balaban J connectivity index is 1.26. The second-order valence-corrected chi connectivity index (χ2v) is 14.9. The number of halogens is 1. The summed E-state index contributed by atoms with van der Waals surface area (Å²) in [7, 11) is 1.72. The van der Waals surface area contributed by atoms with Gasteiger partial charge in [0.05, 0.1) is 34.7 Å². The molecule has 6 atom stereocenters. The fourth-order valence-corrected chi connectivity index (χ4v) is 10.0. The lowest BCUT2D eigenvalue weighted by molar-refractivity contribution is -0.131. The molecule has 3 fully saturated rings.